The van der Waals surface area contributed by atoms with Crippen molar-refractivity contribution < 1.29 is 9.90 Å². The van der Waals surface area contributed by atoms with Crippen LogP contribution in [0.15, 0.2) is 54.7 Å². The predicted octanol–water partition coefficient (Wildman–Crippen LogP) is 4.04. The summed E-state index contributed by atoms with van der Waals surface area (Å²) in [6.07, 6.45) is 1.93. The first-order chi connectivity index (χ1) is 9.66. The second kappa shape index (κ2) is 5.02. The Bertz CT molecular complexity index is 792. The Morgan fingerprint density at radius 3 is 2.70 bits per heavy atom. The molecule has 0 saturated heterocycles. The molecule has 1 heterocycles. The van der Waals surface area contributed by atoms with Gasteiger partial charge in [0, 0.05) is 28.7 Å². The number of fused-ring (bicyclic) bond motifs is 1. The number of hydrogen-bond acceptors (Lipinski definition) is 1. The summed E-state index contributed by atoms with van der Waals surface area (Å²) in [6, 6.07) is 14.7. The Morgan fingerprint density at radius 1 is 1.10 bits per heavy atom. The predicted molar refractivity (Wildman–Crippen MR) is 79.5 cm³/mol. The molecule has 20 heavy (non-hydrogen) atoms. The Hall–Kier alpha value is -2.26. The molecule has 0 saturated carbocycles. The lowest BCUT2D eigenvalue weighted by molar-refractivity contribution is 0.0695. The van der Waals surface area contributed by atoms with Gasteiger partial charge in [-0.2, -0.15) is 0 Å². The molecule has 0 spiro atoms. The zero-order valence-electron chi connectivity index (χ0n) is 10.6. The number of carbonyl (C=O) groups is 1. The van der Waals surface area contributed by atoms with Gasteiger partial charge in [0.1, 0.15) is 0 Å². The lowest BCUT2D eigenvalue weighted by Crippen LogP contribution is -2.06. The number of nitrogens with zero attached hydrogens (tertiary/aromatic N) is 1. The van der Waals surface area contributed by atoms with Crippen molar-refractivity contribution in [3.8, 4) is 0 Å². The number of benzene rings is 2. The zero-order chi connectivity index (χ0) is 14.1. The minimum Gasteiger partial charge on any atom is -0.478 e. The van der Waals surface area contributed by atoms with Crippen molar-refractivity contribution in [1.82, 2.24) is 4.57 Å². The van der Waals surface area contributed by atoms with Crippen LogP contribution in [0.25, 0.3) is 10.9 Å². The van der Waals surface area contributed by atoms with E-state index in [0.29, 0.717) is 17.1 Å². The van der Waals surface area contributed by atoms with Crippen molar-refractivity contribution in [3.63, 3.8) is 0 Å². The topological polar surface area (TPSA) is 42.2 Å². The molecule has 0 atom stereocenters. The highest BCUT2D eigenvalue weighted by molar-refractivity contribution is 6.35. The van der Waals surface area contributed by atoms with Gasteiger partial charge in [0.25, 0.3) is 0 Å². The molecular formula is C16H12ClNO2. The molecular weight excluding hydrogens is 274 g/mol. The number of carboxylic acid groups (broad SMARTS) is 1. The summed E-state index contributed by atoms with van der Waals surface area (Å²) in [5.41, 5.74) is 2.10. The van der Waals surface area contributed by atoms with Crippen LogP contribution in [0.5, 0.6) is 0 Å². The maximum atomic E-state index is 11.2. The van der Waals surface area contributed by atoms with Crippen LogP contribution in [-0.4, -0.2) is 15.6 Å². The number of halogens is 1. The summed E-state index contributed by atoms with van der Waals surface area (Å²) in [6.45, 7) is 0.506. The standard InChI is InChI=1S/C16H12ClNO2/c17-14-6-3-7-15-13(14)8-9-18(15)10-11-4-1-2-5-12(11)16(19)20/h1-9H,10H2,(H,19,20). The molecule has 3 aromatic rings. The third kappa shape index (κ3) is 2.17. The number of hydrogen-bond donors (Lipinski definition) is 1. The molecule has 0 aliphatic rings. The molecule has 0 aliphatic heterocycles. The molecule has 1 aromatic heterocycles. The summed E-state index contributed by atoms with van der Waals surface area (Å²) in [4.78, 5) is 11.2. The van der Waals surface area contributed by atoms with E-state index in [9.17, 15) is 9.90 Å². The zero-order valence-corrected chi connectivity index (χ0v) is 11.3. The van der Waals surface area contributed by atoms with E-state index >= 15 is 0 Å². The summed E-state index contributed by atoms with van der Waals surface area (Å²) in [5, 5.41) is 10.9. The largest absolute Gasteiger partial charge is 0.478 e. The molecule has 0 radical (unpaired) electrons. The van der Waals surface area contributed by atoms with Crippen molar-refractivity contribution in [2.24, 2.45) is 0 Å². The van der Waals surface area contributed by atoms with Gasteiger partial charge < -0.3 is 9.67 Å². The van der Waals surface area contributed by atoms with Gasteiger partial charge in [-0.1, -0.05) is 35.9 Å². The van der Waals surface area contributed by atoms with Crippen molar-refractivity contribution in [2.45, 2.75) is 6.54 Å². The fourth-order valence-corrected chi connectivity index (χ4v) is 2.61. The third-order valence-electron chi connectivity index (χ3n) is 3.35. The number of rotatable bonds is 3. The van der Waals surface area contributed by atoms with E-state index in [1.54, 1.807) is 12.1 Å². The van der Waals surface area contributed by atoms with Crippen LogP contribution < -0.4 is 0 Å². The Labute approximate surface area is 121 Å². The second-order valence-corrected chi connectivity index (χ2v) is 4.99. The second-order valence-electron chi connectivity index (χ2n) is 4.58. The van der Waals surface area contributed by atoms with Gasteiger partial charge >= 0.3 is 5.97 Å². The summed E-state index contributed by atoms with van der Waals surface area (Å²) < 4.78 is 2.00. The first-order valence-electron chi connectivity index (χ1n) is 6.21. The lowest BCUT2D eigenvalue weighted by Gasteiger charge is -2.09. The van der Waals surface area contributed by atoms with Gasteiger partial charge in [-0.25, -0.2) is 4.79 Å². The van der Waals surface area contributed by atoms with Crippen LogP contribution in [-0.2, 0) is 6.54 Å². The van der Waals surface area contributed by atoms with Crippen LogP contribution in [0.3, 0.4) is 0 Å². The van der Waals surface area contributed by atoms with Gasteiger partial charge in [0.05, 0.1) is 5.56 Å². The molecule has 4 heteroatoms. The van der Waals surface area contributed by atoms with Gasteiger partial charge in [0.15, 0.2) is 0 Å². The molecule has 3 rings (SSSR count). The normalized spacial score (nSPS) is 10.8. The fraction of sp³-hybridized carbons (Fsp3) is 0.0625. The minimum atomic E-state index is -0.907. The SMILES string of the molecule is O=C(O)c1ccccc1Cn1ccc2c(Cl)cccc21. The molecule has 100 valence electrons. The Morgan fingerprint density at radius 2 is 1.90 bits per heavy atom. The van der Waals surface area contributed by atoms with Gasteiger partial charge in [-0.05, 0) is 29.8 Å². The highest BCUT2D eigenvalue weighted by atomic mass is 35.5. The van der Waals surface area contributed by atoms with E-state index in [0.717, 1.165) is 16.5 Å². The number of aromatic carboxylic acids is 1. The first-order valence-corrected chi connectivity index (χ1v) is 6.59. The molecule has 2 aromatic carbocycles. The molecule has 0 fully saturated rings. The molecule has 0 bridgehead atoms. The minimum absolute atomic E-state index is 0.330. The fourth-order valence-electron chi connectivity index (χ4n) is 2.37. The van der Waals surface area contributed by atoms with Crippen molar-refractivity contribution >= 4 is 28.5 Å². The van der Waals surface area contributed by atoms with Crippen LogP contribution in [0, 0.1) is 0 Å². The highest BCUT2D eigenvalue weighted by Gasteiger charge is 2.11. The maximum absolute atomic E-state index is 11.2. The number of carboxylic acids is 1. The van der Waals surface area contributed by atoms with E-state index in [1.165, 1.54) is 0 Å². The quantitative estimate of drug-likeness (QED) is 0.789. The van der Waals surface area contributed by atoms with Gasteiger partial charge in [-0.3, -0.25) is 0 Å². The van der Waals surface area contributed by atoms with Crippen molar-refractivity contribution in [3.05, 3.63) is 70.9 Å². The van der Waals surface area contributed by atoms with Crippen LogP contribution in [0.4, 0.5) is 0 Å². The Balaban J connectivity index is 2.06. The molecule has 0 unspecified atom stereocenters. The van der Waals surface area contributed by atoms with E-state index in [4.69, 9.17) is 11.6 Å². The van der Waals surface area contributed by atoms with Crippen molar-refractivity contribution in [2.75, 3.05) is 0 Å². The third-order valence-corrected chi connectivity index (χ3v) is 3.68. The smallest absolute Gasteiger partial charge is 0.336 e. The van der Waals surface area contributed by atoms with Crippen molar-refractivity contribution in [1.29, 1.82) is 0 Å². The lowest BCUT2D eigenvalue weighted by atomic mass is 10.1. The Kier molecular flexibility index (Phi) is 3.20. The van der Waals surface area contributed by atoms with E-state index in [1.807, 2.05) is 47.2 Å². The molecule has 0 amide bonds. The van der Waals surface area contributed by atoms with Gasteiger partial charge in [0.2, 0.25) is 0 Å². The molecule has 1 N–H and O–H groups in total. The van der Waals surface area contributed by atoms with E-state index in [-0.39, 0.29) is 0 Å². The highest BCUT2D eigenvalue weighted by Crippen LogP contribution is 2.25. The van der Waals surface area contributed by atoms with Crippen LogP contribution in [0.1, 0.15) is 15.9 Å². The molecule has 3 nitrogen and oxygen atoms in total. The van der Waals surface area contributed by atoms with Gasteiger partial charge in [-0.15, -0.1) is 0 Å². The maximum Gasteiger partial charge on any atom is 0.336 e. The summed E-state index contributed by atoms with van der Waals surface area (Å²) in [5.74, 6) is -0.907. The summed E-state index contributed by atoms with van der Waals surface area (Å²) >= 11 is 6.15. The summed E-state index contributed by atoms with van der Waals surface area (Å²) in [7, 11) is 0. The average molecular weight is 286 g/mol. The molecule has 0 aliphatic carbocycles. The first kappa shape index (κ1) is 12.8. The van der Waals surface area contributed by atoms with E-state index < -0.39 is 5.97 Å². The average Bonchev–Trinajstić information content (AvgIpc) is 2.84. The number of aromatic nitrogens is 1. The monoisotopic (exact) mass is 285 g/mol. The van der Waals surface area contributed by atoms with E-state index in [2.05, 4.69) is 0 Å². The van der Waals surface area contributed by atoms with Crippen LogP contribution in [0.2, 0.25) is 5.02 Å². The van der Waals surface area contributed by atoms with Crippen LogP contribution >= 0.6 is 11.6 Å².